The average molecular weight is 296 g/mol. The van der Waals surface area contributed by atoms with E-state index in [1.54, 1.807) is 6.08 Å². The summed E-state index contributed by atoms with van der Waals surface area (Å²) in [6.45, 7) is 12.6. The van der Waals surface area contributed by atoms with Crippen molar-refractivity contribution in [2.75, 3.05) is 6.54 Å². The quantitative estimate of drug-likeness (QED) is 0.430. The zero-order chi connectivity index (χ0) is 16.3. The fraction of sp³-hybridized carbons (Fsp3) is 0.765. The molecule has 0 spiro atoms. The number of amides is 1. The summed E-state index contributed by atoms with van der Waals surface area (Å²) in [4.78, 5) is 23.9. The summed E-state index contributed by atoms with van der Waals surface area (Å²) >= 11 is 0. The number of hydrogen-bond donors (Lipinski definition) is 2. The third-order valence-electron chi connectivity index (χ3n) is 3.28. The van der Waals surface area contributed by atoms with Gasteiger partial charge >= 0.3 is 0 Å². The Hall–Kier alpha value is -1.16. The number of rotatable bonds is 12. The maximum atomic E-state index is 12.0. The highest BCUT2D eigenvalue weighted by Gasteiger charge is 2.21. The van der Waals surface area contributed by atoms with Gasteiger partial charge in [-0.05, 0) is 25.8 Å². The molecule has 4 nitrogen and oxygen atoms in total. The number of nitrogens with one attached hydrogen (secondary N) is 2. The monoisotopic (exact) mass is 296 g/mol. The van der Waals surface area contributed by atoms with Gasteiger partial charge in [-0.1, -0.05) is 40.2 Å². The maximum absolute atomic E-state index is 12.0. The first-order chi connectivity index (χ1) is 9.88. The molecule has 4 heteroatoms. The van der Waals surface area contributed by atoms with E-state index in [4.69, 9.17) is 0 Å². The van der Waals surface area contributed by atoms with Gasteiger partial charge < -0.3 is 10.6 Å². The van der Waals surface area contributed by atoms with E-state index in [9.17, 15) is 9.59 Å². The molecule has 0 aromatic carbocycles. The Morgan fingerprint density at radius 3 is 2.29 bits per heavy atom. The van der Waals surface area contributed by atoms with Crippen LogP contribution in [0.1, 0.15) is 59.8 Å². The normalized spacial score (nSPS) is 12.5. The molecule has 0 heterocycles. The maximum Gasteiger partial charge on any atom is 0.220 e. The van der Waals surface area contributed by atoms with E-state index in [1.165, 1.54) is 0 Å². The fourth-order valence-corrected chi connectivity index (χ4v) is 2.06. The summed E-state index contributed by atoms with van der Waals surface area (Å²) in [6.07, 6.45) is 5.64. The smallest absolute Gasteiger partial charge is 0.220 e. The van der Waals surface area contributed by atoms with Gasteiger partial charge in [0.1, 0.15) is 0 Å². The van der Waals surface area contributed by atoms with E-state index in [2.05, 4.69) is 31.1 Å². The molecule has 21 heavy (non-hydrogen) atoms. The number of carbonyl (C=O) groups is 2. The van der Waals surface area contributed by atoms with E-state index in [-0.39, 0.29) is 17.6 Å². The minimum Gasteiger partial charge on any atom is -0.346 e. The minimum atomic E-state index is -0.419. The van der Waals surface area contributed by atoms with Gasteiger partial charge in [-0.3, -0.25) is 9.59 Å². The van der Waals surface area contributed by atoms with E-state index in [0.717, 1.165) is 25.8 Å². The number of hydrogen-bond acceptors (Lipinski definition) is 3. The van der Waals surface area contributed by atoms with Crippen molar-refractivity contribution in [3.8, 4) is 0 Å². The Kier molecular flexibility index (Phi) is 10.9. The Balaban J connectivity index is 3.93. The molecule has 0 bridgehead atoms. The van der Waals surface area contributed by atoms with E-state index < -0.39 is 6.04 Å². The van der Waals surface area contributed by atoms with Crippen LogP contribution in [0.15, 0.2) is 12.7 Å². The van der Waals surface area contributed by atoms with Crippen molar-refractivity contribution in [3.05, 3.63) is 12.7 Å². The average Bonchev–Trinajstić information content (AvgIpc) is 2.40. The van der Waals surface area contributed by atoms with Crippen LogP contribution in [0.2, 0.25) is 0 Å². The van der Waals surface area contributed by atoms with Crippen LogP contribution < -0.4 is 10.6 Å². The summed E-state index contributed by atoms with van der Waals surface area (Å²) in [6, 6.07) is 0.0904. The molecule has 0 radical (unpaired) electrons. The molecule has 0 fully saturated rings. The highest BCUT2D eigenvalue weighted by atomic mass is 16.2. The second-order valence-electron chi connectivity index (χ2n) is 6.12. The predicted molar refractivity (Wildman–Crippen MR) is 88.2 cm³/mol. The predicted octanol–water partition coefficient (Wildman–Crippen LogP) is 2.83. The van der Waals surface area contributed by atoms with Crippen molar-refractivity contribution in [1.29, 1.82) is 0 Å². The van der Waals surface area contributed by atoms with Gasteiger partial charge in [0.2, 0.25) is 5.91 Å². The van der Waals surface area contributed by atoms with Crippen LogP contribution >= 0.6 is 0 Å². The molecule has 0 aliphatic carbocycles. The molecule has 0 saturated heterocycles. The molecule has 0 aliphatic heterocycles. The molecule has 2 N–H and O–H groups in total. The molecule has 1 unspecified atom stereocenters. The summed E-state index contributed by atoms with van der Waals surface area (Å²) < 4.78 is 0. The largest absolute Gasteiger partial charge is 0.346 e. The Morgan fingerprint density at radius 1 is 1.10 bits per heavy atom. The van der Waals surface area contributed by atoms with E-state index in [0.29, 0.717) is 18.9 Å². The molecule has 1 atom stereocenters. The Bertz CT molecular complexity index is 325. The first-order valence-corrected chi connectivity index (χ1v) is 8.05. The van der Waals surface area contributed by atoms with Crippen molar-refractivity contribution in [1.82, 2.24) is 10.6 Å². The number of ketones is 1. The highest BCUT2D eigenvalue weighted by Crippen LogP contribution is 2.06. The molecule has 1 amide bonds. The zero-order valence-corrected chi connectivity index (χ0v) is 14.1. The van der Waals surface area contributed by atoms with Gasteiger partial charge in [0, 0.05) is 18.4 Å². The van der Waals surface area contributed by atoms with Gasteiger partial charge in [-0.15, -0.1) is 6.58 Å². The molecule has 0 aromatic heterocycles. The lowest BCUT2D eigenvalue weighted by Gasteiger charge is -2.18. The first kappa shape index (κ1) is 19.8. The lowest BCUT2D eigenvalue weighted by atomic mass is 9.99. The van der Waals surface area contributed by atoms with Gasteiger partial charge in [0.15, 0.2) is 5.78 Å². The van der Waals surface area contributed by atoms with Crippen LogP contribution in [0.3, 0.4) is 0 Å². The molecule has 0 aromatic rings. The molecule has 0 saturated carbocycles. The van der Waals surface area contributed by atoms with Crippen LogP contribution in [0.4, 0.5) is 0 Å². The summed E-state index contributed by atoms with van der Waals surface area (Å²) in [5.74, 6) is -0.0330. The number of unbranched alkanes of at least 4 members (excludes halogenated alkanes) is 2. The Labute approximate surface area is 129 Å². The third kappa shape index (κ3) is 10.2. The highest BCUT2D eigenvalue weighted by molar-refractivity contribution is 5.90. The molecule has 0 aliphatic rings. The van der Waals surface area contributed by atoms with Gasteiger partial charge in [-0.25, -0.2) is 0 Å². The van der Waals surface area contributed by atoms with Crippen molar-refractivity contribution in [2.45, 2.75) is 71.9 Å². The Morgan fingerprint density at radius 2 is 1.76 bits per heavy atom. The molecule has 0 rings (SSSR count). The van der Waals surface area contributed by atoms with Crippen molar-refractivity contribution >= 4 is 11.7 Å². The van der Waals surface area contributed by atoms with Crippen LogP contribution in [0, 0.1) is 5.92 Å². The second-order valence-corrected chi connectivity index (χ2v) is 6.12. The SMILES string of the molecule is C=CCC(NC(=O)CCCCCNC(C)C)C(=O)C(C)C. The van der Waals surface area contributed by atoms with Crippen molar-refractivity contribution in [3.63, 3.8) is 0 Å². The third-order valence-corrected chi connectivity index (χ3v) is 3.28. The van der Waals surface area contributed by atoms with Crippen LogP contribution in [0.25, 0.3) is 0 Å². The standard InChI is InChI=1S/C17H32N2O2/c1-6-10-15(17(21)13(2)3)19-16(20)11-8-7-9-12-18-14(4)5/h6,13-15,18H,1,7-12H2,2-5H3,(H,19,20). The zero-order valence-electron chi connectivity index (χ0n) is 14.1. The van der Waals surface area contributed by atoms with Gasteiger partial charge in [-0.2, -0.15) is 0 Å². The van der Waals surface area contributed by atoms with Crippen LogP contribution in [-0.4, -0.2) is 30.3 Å². The van der Waals surface area contributed by atoms with E-state index in [1.807, 2.05) is 13.8 Å². The lowest BCUT2D eigenvalue weighted by molar-refractivity contribution is -0.129. The van der Waals surface area contributed by atoms with Crippen molar-refractivity contribution < 1.29 is 9.59 Å². The minimum absolute atomic E-state index is 0.0346. The van der Waals surface area contributed by atoms with Gasteiger partial charge in [0.25, 0.3) is 0 Å². The summed E-state index contributed by atoms with van der Waals surface area (Å²) in [7, 11) is 0. The second kappa shape index (κ2) is 11.5. The van der Waals surface area contributed by atoms with Gasteiger partial charge in [0.05, 0.1) is 6.04 Å². The van der Waals surface area contributed by atoms with E-state index >= 15 is 0 Å². The molecular formula is C17H32N2O2. The first-order valence-electron chi connectivity index (χ1n) is 8.05. The summed E-state index contributed by atoms with van der Waals surface area (Å²) in [5, 5.41) is 6.19. The fourth-order valence-electron chi connectivity index (χ4n) is 2.06. The number of carbonyl (C=O) groups excluding carboxylic acids is 2. The molecule has 122 valence electrons. The summed E-state index contributed by atoms with van der Waals surface area (Å²) in [5.41, 5.74) is 0. The van der Waals surface area contributed by atoms with Crippen LogP contribution in [0.5, 0.6) is 0 Å². The van der Waals surface area contributed by atoms with Crippen LogP contribution in [-0.2, 0) is 9.59 Å². The number of Topliss-reactive ketones (excluding diaryl/α,β-unsaturated/α-hetero) is 1. The van der Waals surface area contributed by atoms with Crippen molar-refractivity contribution in [2.24, 2.45) is 5.92 Å². The molecular weight excluding hydrogens is 264 g/mol. The lowest BCUT2D eigenvalue weighted by Crippen LogP contribution is -2.42. The topological polar surface area (TPSA) is 58.2 Å².